The van der Waals surface area contributed by atoms with E-state index in [2.05, 4.69) is 27.3 Å². The largest absolute Gasteiger partial charge is 0.494 e. The van der Waals surface area contributed by atoms with Crippen molar-refractivity contribution in [1.29, 1.82) is 0 Å². The van der Waals surface area contributed by atoms with Crippen LogP contribution in [0.5, 0.6) is 5.75 Å². The van der Waals surface area contributed by atoms with Gasteiger partial charge in [0.25, 0.3) is 5.91 Å². The molecule has 1 saturated heterocycles. The molecule has 6 heteroatoms. The number of pyridine rings is 1. The van der Waals surface area contributed by atoms with E-state index < -0.39 is 0 Å². The Balaban J connectivity index is 1.40. The molecule has 1 amide bonds. The molecule has 162 valence electrons. The van der Waals surface area contributed by atoms with Gasteiger partial charge in [0.1, 0.15) is 11.3 Å². The molecule has 0 unspecified atom stereocenters. The Bertz CT molecular complexity index is 1100. The van der Waals surface area contributed by atoms with Crippen LogP contribution < -0.4 is 15.5 Å². The molecular weight excluding hydrogens is 390 g/mol. The Morgan fingerprint density at radius 2 is 1.81 bits per heavy atom. The maximum Gasteiger partial charge on any atom is 0.257 e. The third-order valence-electron chi connectivity index (χ3n) is 5.74. The molecule has 6 nitrogen and oxygen atoms in total. The smallest absolute Gasteiger partial charge is 0.257 e. The van der Waals surface area contributed by atoms with E-state index in [-0.39, 0.29) is 16.9 Å². The molecule has 0 saturated carbocycles. The van der Waals surface area contributed by atoms with Crippen LogP contribution in [-0.2, 0) is 13.1 Å². The van der Waals surface area contributed by atoms with Gasteiger partial charge in [0.05, 0.1) is 6.61 Å². The number of rotatable bonds is 7. The molecule has 2 aromatic carbocycles. The number of aromatic amines is 1. The van der Waals surface area contributed by atoms with Crippen molar-refractivity contribution in [2.45, 2.75) is 39.3 Å². The highest BCUT2D eigenvalue weighted by Crippen LogP contribution is 2.17. The van der Waals surface area contributed by atoms with Crippen LogP contribution in [0.25, 0.3) is 10.9 Å². The average Bonchev–Trinajstić information content (AvgIpc) is 2.80. The Hall–Kier alpha value is -3.12. The van der Waals surface area contributed by atoms with E-state index in [9.17, 15) is 9.59 Å². The number of fused-ring (bicyclic) bond motifs is 1. The maximum atomic E-state index is 12.8. The molecule has 1 aromatic heterocycles. The molecule has 1 fully saturated rings. The van der Waals surface area contributed by atoms with Crippen LogP contribution in [0.15, 0.2) is 53.5 Å². The molecule has 0 atom stereocenters. The lowest BCUT2D eigenvalue weighted by molar-refractivity contribution is 0.0949. The molecule has 0 bridgehead atoms. The summed E-state index contributed by atoms with van der Waals surface area (Å²) in [5.74, 6) is 0.227. The monoisotopic (exact) mass is 419 g/mol. The van der Waals surface area contributed by atoms with Crippen molar-refractivity contribution in [2.24, 2.45) is 0 Å². The highest BCUT2D eigenvalue weighted by Gasteiger charge is 2.14. The van der Waals surface area contributed by atoms with Gasteiger partial charge in [-0.3, -0.25) is 14.5 Å². The van der Waals surface area contributed by atoms with Crippen LogP contribution in [-0.4, -0.2) is 35.5 Å². The highest BCUT2D eigenvalue weighted by atomic mass is 16.5. The van der Waals surface area contributed by atoms with Gasteiger partial charge in [-0.15, -0.1) is 0 Å². The second-order valence-corrected chi connectivity index (χ2v) is 8.01. The lowest BCUT2D eigenvalue weighted by Crippen LogP contribution is -2.29. The summed E-state index contributed by atoms with van der Waals surface area (Å²) in [6.07, 6.45) is 5.38. The molecule has 4 rings (SSSR count). The summed E-state index contributed by atoms with van der Waals surface area (Å²) < 4.78 is 5.48. The van der Waals surface area contributed by atoms with E-state index in [1.165, 1.54) is 44.1 Å². The molecule has 0 spiro atoms. The van der Waals surface area contributed by atoms with E-state index in [4.69, 9.17) is 4.74 Å². The number of carbonyl (C=O) groups is 1. The topological polar surface area (TPSA) is 74.4 Å². The van der Waals surface area contributed by atoms with Crippen molar-refractivity contribution < 1.29 is 9.53 Å². The van der Waals surface area contributed by atoms with Crippen molar-refractivity contribution >= 4 is 16.8 Å². The molecule has 2 heterocycles. The molecule has 1 aliphatic rings. The van der Waals surface area contributed by atoms with Gasteiger partial charge >= 0.3 is 0 Å². The first-order valence-corrected chi connectivity index (χ1v) is 11.0. The van der Waals surface area contributed by atoms with Crippen LogP contribution in [0.4, 0.5) is 0 Å². The number of aromatic nitrogens is 1. The number of amides is 1. The Labute approximate surface area is 182 Å². The summed E-state index contributed by atoms with van der Waals surface area (Å²) in [5.41, 5.74) is 2.77. The van der Waals surface area contributed by atoms with Gasteiger partial charge in [-0.2, -0.15) is 0 Å². The summed E-state index contributed by atoms with van der Waals surface area (Å²) in [4.78, 5) is 31.0. The van der Waals surface area contributed by atoms with E-state index in [1.54, 1.807) is 18.2 Å². The number of hydrogen-bond donors (Lipinski definition) is 2. The third kappa shape index (κ3) is 5.14. The van der Waals surface area contributed by atoms with Crippen molar-refractivity contribution in [1.82, 2.24) is 15.2 Å². The highest BCUT2D eigenvalue weighted by molar-refractivity contribution is 5.97. The number of benzene rings is 2. The third-order valence-corrected chi connectivity index (χ3v) is 5.74. The second-order valence-electron chi connectivity index (χ2n) is 8.01. The minimum Gasteiger partial charge on any atom is -0.494 e. The first-order chi connectivity index (χ1) is 15.1. The van der Waals surface area contributed by atoms with Gasteiger partial charge in [-0.05, 0) is 62.2 Å². The van der Waals surface area contributed by atoms with Crippen LogP contribution >= 0.6 is 0 Å². The van der Waals surface area contributed by atoms with Crippen LogP contribution in [0, 0.1) is 0 Å². The second kappa shape index (κ2) is 9.79. The SMILES string of the molecule is CCOc1ccc2[nH]cc(C(=O)NCc3ccc(CN4CCCCC4)cc3)c(=O)c2c1. The van der Waals surface area contributed by atoms with Crippen molar-refractivity contribution in [3.63, 3.8) is 0 Å². The predicted octanol–water partition coefficient (Wildman–Crippen LogP) is 3.84. The minimum atomic E-state index is -0.387. The first kappa shape index (κ1) is 21.1. The summed E-state index contributed by atoms with van der Waals surface area (Å²) >= 11 is 0. The van der Waals surface area contributed by atoms with E-state index in [0.29, 0.717) is 29.8 Å². The molecule has 1 aliphatic heterocycles. The Morgan fingerprint density at radius 3 is 2.55 bits per heavy atom. The number of ether oxygens (including phenoxy) is 1. The summed E-state index contributed by atoms with van der Waals surface area (Å²) in [7, 11) is 0. The number of nitrogens with one attached hydrogen (secondary N) is 2. The summed E-state index contributed by atoms with van der Waals surface area (Å²) in [5, 5.41) is 3.31. The van der Waals surface area contributed by atoms with Crippen LogP contribution in [0.1, 0.15) is 47.7 Å². The minimum absolute atomic E-state index is 0.0999. The fourth-order valence-corrected chi connectivity index (χ4v) is 4.04. The molecule has 3 aromatic rings. The molecule has 0 aliphatic carbocycles. The van der Waals surface area contributed by atoms with Crippen molar-refractivity contribution in [3.8, 4) is 5.75 Å². The van der Waals surface area contributed by atoms with Gasteiger partial charge in [0, 0.05) is 30.2 Å². The van der Waals surface area contributed by atoms with Crippen LogP contribution in [0.3, 0.4) is 0 Å². The van der Waals surface area contributed by atoms with Crippen molar-refractivity contribution in [3.05, 3.63) is 75.6 Å². The summed E-state index contributed by atoms with van der Waals surface area (Å²) in [6, 6.07) is 13.6. The zero-order chi connectivity index (χ0) is 21.6. The normalized spacial score (nSPS) is 14.5. The average molecular weight is 420 g/mol. The zero-order valence-electron chi connectivity index (χ0n) is 17.9. The van der Waals surface area contributed by atoms with Crippen LogP contribution in [0.2, 0.25) is 0 Å². The number of piperidine rings is 1. The molecule has 31 heavy (non-hydrogen) atoms. The molecule has 2 N–H and O–H groups in total. The fourth-order valence-electron chi connectivity index (χ4n) is 4.04. The predicted molar refractivity (Wildman–Crippen MR) is 122 cm³/mol. The van der Waals surface area contributed by atoms with Gasteiger partial charge in [-0.25, -0.2) is 0 Å². The lowest BCUT2D eigenvalue weighted by atomic mass is 10.1. The van der Waals surface area contributed by atoms with Gasteiger partial charge < -0.3 is 15.0 Å². The van der Waals surface area contributed by atoms with E-state index >= 15 is 0 Å². The standard InChI is InChI=1S/C25H29N3O3/c1-2-31-20-10-11-23-21(14-20)24(29)22(16-26-23)25(30)27-15-18-6-8-19(9-7-18)17-28-12-4-3-5-13-28/h6-11,14,16H,2-5,12-13,15,17H2,1H3,(H,26,29)(H,27,30). The number of hydrogen-bond acceptors (Lipinski definition) is 4. The van der Waals surface area contributed by atoms with E-state index in [1.807, 2.05) is 19.1 Å². The number of likely N-dealkylation sites (tertiary alicyclic amines) is 1. The maximum absolute atomic E-state index is 12.8. The number of H-pyrrole nitrogens is 1. The number of carbonyl (C=O) groups excluding carboxylic acids is 1. The molecule has 0 radical (unpaired) electrons. The quantitative estimate of drug-likeness (QED) is 0.610. The summed E-state index contributed by atoms with van der Waals surface area (Å²) in [6.45, 7) is 6.09. The van der Waals surface area contributed by atoms with Gasteiger partial charge in [-0.1, -0.05) is 30.7 Å². The molecular formula is C25H29N3O3. The van der Waals surface area contributed by atoms with E-state index in [0.717, 1.165) is 12.1 Å². The van der Waals surface area contributed by atoms with Crippen molar-refractivity contribution in [2.75, 3.05) is 19.7 Å². The lowest BCUT2D eigenvalue weighted by Gasteiger charge is -2.26. The Kier molecular flexibility index (Phi) is 6.67. The first-order valence-electron chi connectivity index (χ1n) is 11.0. The van der Waals surface area contributed by atoms with Gasteiger partial charge in [0.2, 0.25) is 5.43 Å². The zero-order valence-corrected chi connectivity index (χ0v) is 17.9. The Morgan fingerprint density at radius 1 is 1.06 bits per heavy atom. The number of nitrogens with zero attached hydrogens (tertiary/aromatic N) is 1. The fraction of sp³-hybridized carbons (Fsp3) is 0.360. The van der Waals surface area contributed by atoms with Gasteiger partial charge in [0.15, 0.2) is 0 Å².